The van der Waals surface area contributed by atoms with E-state index in [1.807, 2.05) is 0 Å². The van der Waals surface area contributed by atoms with Gasteiger partial charge in [0.15, 0.2) is 0 Å². The number of nitrogens with zero attached hydrogens (tertiary/aromatic N) is 1. The van der Waals surface area contributed by atoms with E-state index in [0.29, 0.717) is 23.5 Å². The molecule has 4 nitrogen and oxygen atoms in total. The van der Waals surface area contributed by atoms with Crippen molar-refractivity contribution in [3.05, 3.63) is 29.8 Å². The third-order valence-electron chi connectivity index (χ3n) is 2.31. The van der Waals surface area contributed by atoms with Crippen molar-refractivity contribution in [3.63, 3.8) is 0 Å². The van der Waals surface area contributed by atoms with Gasteiger partial charge < -0.3 is 4.90 Å². The van der Waals surface area contributed by atoms with Crippen LogP contribution in [0, 0.1) is 0 Å². The molecule has 1 amide bonds. The molecule has 0 aliphatic carbocycles. The highest BCUT2D eigenvalue weighted by Gasteiger charge is 2.27. The monoisotopic (exact) mass is 235 g/mol. The smallest absolute Gasteiger partial charge is 0.304 e. The van der Waals surface area contributed by atoms with Crippen molar-refractivity contribution in [3.8, 4) is 0 Å². The molecule has 1 aliphatic heterocycles. The standard InChI is InChI=1S/C11H9NO3S/c13-7-8-1-3-9(4-2-8)12-5-6-16-11(15)10(12)14/h1-4,7H,5-6H2. The fraction of sp³-hybridized carbons (Fsp3) is 0.182. The Labute approximate surface area is 96.6 Å². The average molecular weight is 235 g/mol. The highest BCUT2D eigenvalue weighted by Crippen LogP contribution is 2.21. The lowest BCUT2D eigenvalue weighted by atomic mass is 10.2. The van der Waals surface area contributed by atoms with Crippen LogP contribution < -0.4 is 4.90 Å². The Balaban J connectivity index is 2.25. The van der Waals surface area contributed by atoms with E-state index >= 15 is 0 Å². The molecule has 0 bridgehead atoms. The van der Waals surface area contributed by atoms with Crippen molar-refractivity contribution >= 4 is 34.8 Å². The summed E-state index contributed by atoms with van der Waals surface area (Å²) in [7, 11) is 0. The number of carbonyl (C=O) groups is 3. The second-order valence-corrected chi connectivity index (χ2v) is 4.37. The number of carbonyl (C=O) groups excluding carboxylic acids is 3. The summed E-state index contributed by atoms with van der Waals surface area (Å²) in [6, 6.07) is 6.60. The second-order valence-electron chi connectivity index (χ2n) is 3.30. The van der Waals surface area contributed by atoms with Crippen LogP contribution in [0.4, 0.5) is 5.69 Å². The summed E-state index contributed by atoms with van der Waals surface area (Å²) in [4.78, 5) is 34.7. The zero-order valence-corrected chi connectivity index (χ0v) is 9.20. The van der Waals surface area contributed by atoms with Gasteiger partial charge in [0.1, 0.15) is 6.29 Å². The molecule has 1 heterocycles. The molecule has 0 aromatic heterocycles. The molecule has 0 spiro atoms. The highest BCUT2D eigenvalue weighted by atomic mass is 32.2. The molecule has 1 fully saturated rings. The molecule has 1 aliphatic rings. The molecule has 16 heavy (non-hydrogen) atoms. The van der Waals surface area contributed by atoms with Crippen molar-refractivity contribution in [1.29, 1.82) is 0 Å². The Kier molecular flexibility index (Phi) is 3.05. The van der Waals surface area contributed by atoms with E-state index in [2.05, 4.69) is 0 Å². The lowest BCUT2D eigenvalue weighted by Crippen LogP contribution is -2.41. The number of hydrogen-bond donors (Lipinski definition) is 0. The predicted molar refractivity (Wildman–Crippen MR) is 61.6 cm³/mol. The normalized spacial score (nSPS) is 16.4. The summed E-state index contributed by atoms with van der Waals surface area (Å²) in [5.41, 5.74) is 1.21. The molecule has 1 aromatic carbocycles. The van der Waals surface area contributed by atoms with Gasteiger partial charge in [-0.3, -0.25) is 14.4 Å². The SMILES string of the molecule is O=Cc1ccc(N2CCSC(=O)C2=O)cc1. The number of aldehydes is 1. The molecule has 5 heteroatoms. The van der Waals surface area contributed by atoms with Crippen LogP contribution in [0.2, 0.25) is 0 Å². The minimum Gasteiger partial charge on any atom is -0.304 e. The van der Waals surface area contributed by atoms with E-state index in [1.54, 1.807) is 24.3 Å². The molecule has 0 radical (unpaired) electrons. The Bertz CT molecular complexity index is 441. The number of rotatable bonds is 2. The van der Waals surface area contributed by atoms with Crippen LogP contribution in [0.1, 0.15) is 10.4 Å². The van der Waals surface area contributed by atoms with Gasteiger partial charge >= 0.3 is 5.91 Å². The largest absolute Gasteiger partial charge is 0.305 e. The number of hydrogen-bond acceptors (Lipinski definition) is 4. The zero-order chi connectivity index (χ0) is 11.5. The van der Waals surface area contributed by atoms with Gasteiger partial charge in [-0.25, -0.2) is 0 Å². The molecule has 2 rings (SSSR count). The minimum absolute atomic E-state index is 0.425. The van der Waals surface area contributed by atoms with Crippen LogP contribution in [-0.2, 0) is 9.59 Å². The van der Waals surface area contributed by atoms with E-state index in [0.717, 1.165) is 18.0 Å². The third kappa shape index (κ3) is 1.99. The first-order chi connectivity index (χ1) is 7.72. The van der Waals surface area contributed by atoms with Crippen LogP contribution in [0.5, 0.6) is 0 Å². The van der Waals surface area contributed by atoms with Gasteiger partial charge in [0, 0.05) is 23.5 Å². The summed E-state index contributed by atoms with van der Waals surface area (Å²) < 4.78 is 0. The van der Waals surface area contributed by atoms with Crippen molar-refractivity contribution in [2.24, 2.45) is 0 Å². The van der Waals surface area contributed by atoms with Gasteiger partial charge in [0.25, 0.3) is 5.12 Å². The molecule has 1 saturated heterocycles. The van der Waals surface area contributed by atoms with E-state index in [4.69, 9.17) is 0 Å². The zero-order valence-electron chi connectivity index (χ0n) is 8.38. The quantitative estimate of drug-likeness (QED) is 0.569. The van der Waals surface area contributed by atoms with Crippen molar-refractivity contribution < 1.29 is 14.4 Å². The summed E-state index contributed by atoms with van der Waals surface area (Å²) in [6.45, 7) is 0.523. The fourth-order valence-corrected chi connectivity index (χ4v) is 2.18. The number of anilines is 1. The van der Waals surface area contributed by atoms with Crippen molar-refractivity contribution in [2.75, 3.05) is 17.2 Å². The van der Waals surface area contributed by atoms with E-state index in [-0.39, 0.29) is 0 Å². The van der Waals surface area contributed by atoms with Gasteiger partial charge in [-0.15, -0.1) is 0 Å². The van der Waals surface area contributed by atoms with E-state index in [9.17, 15) is 14.4 Å². The first kappa shape index (κ1) is 10.9. The first-order valence-electron chi connectivity index (χ1n) is 4.76. The summed E-state index contributed by atoms with van der Waals surface area (Å²) in [5.74, 6) is 0.120. The number of thioether (sulfide) groups is 1. The summed E-state index contributed by atoms with van der Waals surface area (Å²) in [6.07, 6.45) is 0.739. The molecule has 0 saturated carbocycles. The maximum absolute atomic E-state index is 11.6. The lowest BCUT2D eigenvalue weighted by molar-refractivity contribution is -0.131. The van der Waals surface area contributed by atoms with E-state index < -0.39 is 11.0 Å². The van der Waals surface area contributed by atoms with Crippen LogP contribution in [0.3, 0.4) is 0 Å². The Hall–Kier alpha value is -1.62. The van der Waals surface area contributed by atoms with E-state index in [1.165, 1.54) is 4.90 Å². The lowest BCUT2D eigenvalue weighted by Gasteiger charge is -2.25. The van der Waals surface area contributed by atoms with Crippen LogP contribution in [0.15, 0.2) is 24.3 Å². The molecule has 0 N–H and O–H groups in total. The van der Waals surface area contributed by atoms with Crippen LogP contribution in [-0.4, -0.2) is 29.6 Å². The number of benzene rings is 1. The maximum atomic E-state index is 11.6. The second kappa shape index (κ2) is 4.49. The van der Waals surface area contributed by atoms with Gasteiger partial charge in [-0.1, -0.05) is 11.8 Å². The van der Waals surface area contributed by atoms with Gasteiger partial charge in [-0.05, 0) is 24.3 Å². The number of amides is 1. The van der Waals surface area contributed by atoms with Crippen molar-refractivity contribution in [2.45, 2.75) is 0 Å². The van der Waals surface area contributed by atoms with Gasteiger partial charge in [0.2, 0.25) is 0 Å². The molecule has 1 aromatic rings. The Morgan fingerprint density at radius 2 is 1.88 bits per heavy atom. The summed E-state index contributed by atoms with van der Waals surface area (Å²) in [5, 5.41) is -0.425. The molecule has 82 valence electrons. The van der Waals surface area contributed by atoms with Crippen LogP contribution in [0.25, 0.3) is 0 Å². The molecule has 0 atom stereocenters. The minimum atomic E-state index is -0.491. The van der Waals surface area contributed by atoms with Crippen molar-refractivity contribution in [1.82, 2.24) is 0 Å². The van der Waals surface area contributed by atoms with Gasteiger partial charge in [-0.2, -0.15) is 0 Å². The first-order valence-corrected chi connectivity index (χ1v) is 5.75. The maximum Gasteiger partial charge on any atom is 0.305 e. The molecular formula is C11H9NO3S. The topological polar surface area (TPSA) is 54.5 Å². The van der Waals surface area contributed by atoms with Crippen LogP contribution >= 0.6 is 11.8 Å². The van der Waals surface area contributed by atoms with Gasteiger partial charge in [0.05, 0.1) is 0 Å². The predicted octanol–water partition coefficient (Wildman–Crippen LogP) is 1.11. The molecule has 0 unspecified atom stereocenters. The fourth-order valence-electron chi connectivity index (χ4n) is 1.48. The Morgan fingerprint density at radius 3 is 2.50 bits per heavy atom. The summed E-state index contributed by atoms with van der Waals surface area (Å²) >= 11 is 1.05. The Morgan fingerprint density at radius 1 is 1.19 bits per heavy atom. The molecular weight excluding hydrogens is 226 g/mol. The average Bonchev–Trinajstić information content (AvgIpc) is 2.33. The third-order valence-corrected chi connectivity index (χ3v) is 3.13. The highest BCUT2D eigenvalue weighted by molar-refractivity contribution is 8.15.